The fraction of sp³-hybridized carbons (Fsp3) is 0.652. The lowest BCUT2D eigenvalue weighted by Gasteiger charge is -2.35. The lowest BCUT2D eigenvalue weighted by atomic mass is 9.84. The van der Waals surface area contributed by atoms with Crippen LogP contribution < -0.4 is 5.56 Å². The minimum atomic E-state index is -0.125. The third-order valence-electron chi connectivity index (χ3n) is 7.19. The van der Waals surface area contributed by atoms with Crippen molar-refractivity contribution in [2.45, 2.75) is 77.3 Å². The van der Waals surface area contributed by atoms with Gasteiger partial charge in [-0.25, -0.2) is 9.50 Å². The molecule has 31 heavy (non-hydrogen) atoms. The van der Waals surface area contributed by atoms with E-state index in [4.69, 9.17) is 4.98 Å². The summed E-state index contributed by atoms with van der Waals surface area (Å²) in [6, 6.07) is 1.89. The Kier molecular flexibility index (Phi) is 5.32. The van der Waals surface area contributed by atoms with Gasteiger partial charge in [-0.1, -0.05) is 13.3 Å². The Balaban J connectivity index is 1.45. The highest BCUT2D eigenvalue weighted by atomic mass is 16.2. The third kappa shape index (κ3) is 3.55. The summed E-state index contributed by atoms with van der Waals surface area (Å²) >= 11 is 0. The molecule has 3 aliphatic rings. The average Bonchev–Trinajstić information content (AvgIpc) is 3.17. The number of hydrogen-bond donors (Lipinski definition) is 1. The summed E-state index contributed by atoms with van der Waals surface area (Å²) in [5.74, 6) is 0.493. The van der Waals surface area contributed by atoms with Gasteiger partial charge in [-0.15, -0.1) is 0 Å². The monoisotopic (exact) mass is 425 g/mol. The summed E-state index contributed by atoms with van der Waals surface area (Å²) in [5.41, 5.74) is 2.77. The van der Waals surface area contributed by atoms with Crippen molar-refractivity contribution in [3.8, 4) is 0 Å². The topological polar surface area (TPSA) is 90.8 Å². The Bertz CT molecular complexity index is 1070. The molecular formula is C23H31N5O3. The van der Waals surface area contributed by atoms with Crippen molar-refractivity contribution in [1.29, 1.82) is 0 Å². The van der Waals surface area contributed by atoms with E-state index < -0.39 is 0 Å². The maximum atomic E-state index is 13.3. The van der Waals surface area contributed by atoms with Crippen LogP contribution in [0, 0.1) is 5.92 Å². The van der Waals surface area contributed by atoms with Crippen molar-refractivity contribution in [3.63, 3.8) is 0 Å². The highest BCUT2D eigenvalue weighted by Gasteiger charge is 2.33. The Morgan fingerprint density at radius 3 is 2.74 bits per heavy atom. The second-order valence-electron chi connectivity index (χ2n) is 9.23. The number of likely N-dealkylation sites (tertiary alicyclic amines) is 1. The molecule has 1 saturated carbocycles. The van der Waals surface area contributed by atoms with E-state index in [1.807, 2.05) is 22.8 Å². The first kappa shape index (κ1) is 20.3. The SMILES string of the molecule is CCCC(=O)N1CCCC[C@H]1c1cc2nc3c(c(=O)n2[nH]1)CN(C(=O)C1CCC1)CC3. The predicted molar refractivity (Wildman–Crippen MR) is 115 cm³/mol. The molecule has 1 aliphatic carbocycles. The van der Waals surface area contributed by atoms with E-state index in [2.05, 4.69) is 5.10 Å². The van der Waals surface area contributed by atoms with Crippen molar-refractivity contribution in [1.82, 2.24) is 24.4 Å². The number of nitrogens with one attached hydrogen (secondary N) is 1. The average molecular weight is 426 g/mol. The maximum absolute atomic E-state index is 13.3. The molecule has 2 aliphatic heterocycles. The number of aromatic amines is 1. The van der Waals surface area contributed by atoms with Gasteiger partial charge < -0.3 is 9.80 Å². The lowest BCUT2D eigenvalue weighted by molar-refractivity contribution is -0.139. The highest BCUT2D eigenvalue weighted by Crippen LogP contribution is 2.32. The van der Waals surface area contributed by atoms with Crippen molar-refractivity contribution in [3.05, 3.63) is 33.4 Å². The van der Waals surface area contributed by atoms with E-state index in [0.717, 1.165) is 62.9 Å². The van der Waals surface area contributed by atoms with Crippen LogP contribution >= 0.6 is 0 Å². The number of amides is 2. The molecule has 166 valence electrons. The van der Waals surface area contributed by atoms with Crippen molar-refractivity contribution in [2.75, 3.05) is 13.1 Å². The van der Waals surface area contributed by atoms with Gasteiger partial charge in [0.1, 0.15) is 0 Å². The summed E-state index contributed by atoms with van der Waals surface area (Å²) in [5, 5.41) is 3.24. The quantitative estimate of drug-likeness (QED) is 0.815. The van der Waals surface area contributed by atoms with Gasteiger partial charge in [0.2, 0.25) is 11.8 Å². The molecule has 8 heteroatoms. The fourth-order valence-electron chi connectivity index (χ4n) is 5.18. The van der Waals surface area contributed by atoms with E-state index in [0.29, 0.717) is 37.1 Å². The van der Waals surface area contributed by atoms with Crippen LogP contribution in [0.2, 0.25) is 0 Å². The smallest absolute Gasteiger partial charge is 0.277 e. The molecule has 2 aromatic rings. The molecule has 0 aromatic carbocycles. The van der Waals surface area contributed by atoms with Crippen LogP contribution in [-0.2, 0) is 22.6 Å². The number of carbonyl (C=O) groups is 2. The molecular weight excluding hydrogens is 394 g/mol. The van der Waals surface area contributed by atoms with Crippen LogP contribution in [0.5, 0.6) is 0 Å². The zero-order chi connectivity index (χ0) is 21.5. The van der Waals surface area contributed by atoms with Gasteiger partial charge in [-0.05, 0) is 38.5 Å². The summed E-state index contributed by atoms with van der Waals surface area (Å²) in [6.45, 7) is 3.76. The number of carbonyl (C=O) groups excluding carboxylic acids is 2. The van der Waals surface area contributed by atoms with E-state index in [9.17, 15) is 14.4 Å². The van der Waals surface area contributed by atoms with Crippen LogP contribution in [-0.4, -0.2) is 49.3 Å². The molecule has 2 fully saturated rings. The maximum Gasteiger partial charge on any atom is 0.277 e. The van der Waals surface area contributed by atoms with Crippen LogP contribution in [0.1, 0.15) is 81.3 Å². The minimum absolute atomic E-state index is 0.0392. The number of rotatable bonds is 4. The van der Waals surface area contributed by atoms with Gasteiger partial charge in [0.05, 0.1) is 29.5 Å². The first-order valence-electron chi connectivity index (χ1n) is 11.8. The normalized spacial score (nSPS) is 21.8. The number of H-pyrrole nitrogens is 1. The Morgan fingerprint density at radius 1 is 1.16 bits per heavy atom. The van der Waals surface area contributed by atoms with Gasteiger partial charge in [-0.3, -0.25) is 19.5 Å². The molecule has 0 unspecified atom stereocenters. The van der Waals surface area contributed by atoms with Crippen molar-refractivity contribution in [2.24, 2.45) is 5.92 Å². The molecule has 0 spiro atoms. The van der Waals surface area contributed by atoms with Crippen molar-refractivity contribution < 1.29 is 9.59 Å². The van der Waals surface area contributed by atoms with E-state index in [-0.39, 0.29) is 29.3 Å². The molecule has 0 bridgehead atoms. The van der Waals surface area contributed by atoms with E-state index in [1.165, 1.54) is 4.52 Å². The predicted octanol–water partition coefficient (Wildman–Crippen LogP) is 2.56. The van der Waals surface area contributed by atoms with Gasteiger partial charge in [0, 0.05) is 37.9 Å². The molecule has 0 radical (unpaired) electrons. The summed E-state index contributed by atoms with van der Waals surface area (Å²) < 4.78 is 1.50. The zero-order valence-electron chi connectivity index (χ0n) is 18.2. The zero-order valence-corrected chi connectivity index (χ0v) is 18.2. The molecule has 1 atom stereocenters. The highest BCUT2D eigenvalue weighted by molar-refractivity contribution is 5.80. The van der Waals surface area contributed by atoms with Gasteiger partial charge in [0.15, 0.2) is 5.65 Å². The molecule has 1 saturated heterocycles. The molecule has 8 nitrogen and oxygen atoms in total. The molecule has 4 heterocycles. The van der Waals surface area contributed by atoms with Crippen LogP contribution in [0.4, 0.5) is 0 Å². The van der Waals surface area contributed by atoms with Crippen molar-refractivity contribution >= 4 is 17.5 Å². The lowest BCUT2D eigenvalue weighted by Crippen LogP contribution is -2.44. The molecule has 2 aromatic heterocycles. The Hall–Kier alpha value is -2.64. The van der Waals surface area contributed by atoms with E-state index >= 15 is 0 Å². The summed E-state index contributed by atoms with van der Waals surface area (Å²) in [6.07, 6.45) is 8.02. The van der Waals surface area contributed by atoms with E-state index in [1.54, 1.807) is 0 Å². The van der Waals surface area contributed by atoms with Crippen LogP contribution in [0.25, 0.3) is 5.65 Å². The first-order valence-corrected chi connectivity index (χ1v) is 11.8. The standard InChI is InChI=1S/C23H31N5O3/c1-2-6-21(29)27-11-4-3-9-19(27)18-13-20-24-17-10-12-26(22(30)15-7-5-8-15)14-16(17)23(31)28(20)25-18/h13,15,19,25H,2-12,14H2,1H3/t19-/m0/s1. The number of piperidine rings is 1. The molecule has 5 rings (SSSR count). The number of hydrogen-bond acceptors (Lipinski definition) is 4. The van der Waals surface area contributed by atoms with Crippen LogP contribution in [0.15, 0.2) is 10.9 Å². The number of nitrogens with zero attached hydrogens (tertiary/aromatic N) is 4. The summed E-state index contributed by atoms with van der Waals surface area (Å²) in [7, 11) is 0. The minimum Gasteiger partial charge on any atom is -0.337 e. The van der Waals surface area contributed by atoms with Crippen LogP contribution in [0.3, 0.4) is 0 Å². The Labute approximate surface area is 181 Å². The molecule has 2 amide bonds. The second kappa shape index (κ2) is 8.13. The summed E-state index contributed by atoms with van der Waals surface area (Å²) in [4.78, 5) is 47.2. The molecule has 1 N–H and O–H groups in total. The number of aromatic nitrogens is 3. The largest absolute Gasteiger partial charge is 0.337 e. The van der Waals surface area contributed by atoms with Gasteiger partial charge in [0.25, 0.3) is 5.56 Å². The number of fused-ring (bicyclic) bond motifs is 2. The van der Waals surface area contributed by atoms with Gasteiger partial charge >= 0.3 is 0 Å². The first-order chi connectivity index (χ1) is 15.1. The second-order valence-corrected chi connectivity index (χ2v) is 9.23. The van der Waals surface area contributed by atoms with Gasteiger partial charge in [-0.2, -0.15) is 0 Å². The fourth-order valence-corrected chi connectivity index (χ4v) is 5.18. The third-order valence-corrected chi connectivity index (χ3v) is 7.19. The Morgan fingerprint density at radius 2 is 2.00 bits per heavy atom.